The summed E-state index contributed by atoms with van der Waals surface area (Å²) in [5, 5.41) is 9.44. The van der Waals surface area contributed by atoms with Crippen molar-refractivity contribution in [3.8, 4) is 5.75 Å². The van der Waals surface area contributed by atoms with Crippen LogP contribution >= 0.6 is 11.6 Å². The summed E-state index contributed by atoms with van der Waals surface area (Å²) in [4.78, 5) is 24.8. The van der Waals surface area contributed by atoms with Crippen molar-refractivity contribution in [2.75, 3.05) is 13.1 Å². The largest absolute Gasteiger partial charge is 0.489 e. The number of para-hydroxylation sites is 1. The van der Waals surface area contributed by atoms with Gasteiger partial charge in [0.1, 0.15) is 18.1 Å². The molecule has 0 radical (unpaired) electrons. The van der Waals surface area contributed by atoms with Crippen molar-refractivity contribution in [2.45, 2.75) is 18.9 Å². The highest BCUT2D eigenvalue weighted by atomic mass is 35.5. The first-order chi connectivity index (χ1) is 11.5. The lowest BCUT2D eigenvalue weighted by Crippen LogP contribution is -2.41. The second-order valence-corrected chi connectivity index (χ2v) is 5.95. The highest BCUT2D eigenvalue weighted by molar-refractivity contribution is 6.32. The molecule has 1 fully saturated rings. The molecule has 1 amide bonds. The van der Waals surface area contributed by atoms with Crippen LogP contribution in [0.1, 0.15) is 33.8 Å². The van der Waals surface area contributed by atoms with E-state index in [1.165, 1.54) is 6.07 Å². The minimum Gasteiger partial charge on any atom is -0.489 e. The molecule has 1 saturated heterocycles. The molecule has 0 aliphatic carbocycles. The Morgan fingerprint density at radius 2 is 1.96 bits per heavy atom. The average Bonchev–Trinajstić information content (AvgIpc) is 3.07. The van der Waals surface area contributed by atoms with Crippen molar-refractivity contribution in [1.29, 1.82) is 0 Å². The fourth-order valence-electron chi connectivity index (χ4n) is 2.61. The zero-order valence-corrected chi connectivity index (χ0v) is 13.5. The number of carbonyl (C=O) groups excluding carboxylic acids is 1. The number of carboxylic acids is 1. The fourth-order valence-corrected chi connectivity index (χ4v) is 2.79. The number of rotatable bonds is 4. The molecule has 2 aromatic rings. The number of amides is 1. The van der Waals surface area contributed by atoms with Gasteiger partial charge in [-0.2, -0.15) is 0 Å². The first kappa shape index (κ1) is 16.4. The number of hydrogen-bond acceptors (Lipinski definition) is 4. The molecule has 1 N–H and O–H groups in total. The predicted octanol–water partition coefficient (Wildman–Crippen LogP) is 3.31. The van der Waals surface area contributed by atoms with Crippen molar-refractivity contribution >= 4 is 23.5 Å². The molecule has 1 aliphatic rings. The van der Waals surface area contributed by atoms with E-state index in [2.05, 4.69) is 0 Å². The van der Waals surface area contributed by atoms with Crippen molar-refractivity contribution in [2.24, 2.45) is 0 Å². The average molecular weight is 350 g/mol. The summed E-state index contributed by atoms with van der Waals surface area (Å²) in [5.74, 6) is -0.748. The number of nitrogens with zero attached hydrogens (tertiary/aromatic N) is 1. The smallest absolute Gasteiger partial charge is 0.338 e. The van der Waals surface area contributed by atoms with Gasteiger partial charge in [-0.15, -0.1) is 0 Å². The van der Waals surface area contributed by atoms with Gasteiger partial charge in [0, 0.05) is 32.0 Å². The Kier molecular flexibility index (Phi) is 4.76. The molecular formula is C17H16ClNO5. The highest BCUT2D eigenvalue weighted by Gasteiger charge is 2.27. The Labute approximate surface area is 143 Å². The van der Waals surface area contributed by atoms with Crippen LogP contribution in [0.25, 0.3) is 0 Å². The molecule has 2 heterocycles. The van der Waals surface area contributed by atoms with Gasteiger partial charge < -0.3 is 19.2 Å². The van der Waals surface area contributed by atoms with Crippen molar-refractivity contribution in [1.82, 2.24) is 4.90 Å². The van der Waals surface area contributed by atoms with Crippen LogP contribution < -0.4 is 4.74 Å². The van der Waals surface area contributed by atoms with Crippen LogP contribution in [0.2, 0.25) is 5.02 Å². The number of hydrogen-bond donors (Lipinski definition) is 1. The van der Waals surface area contributed by atoms with E-state index in [0.717, 1.165) is 6.26 Å². The maximum atomic E-state index is 12.3. The van der Waals surface area contributed by atoms with E-state index >= 15 is 0 Å². The Morgan fingerprint density at radius 1 is 1.25 bits per heavy atom. The molecule has 7 heteroatoms. The van der Waals surface area contributed by atoms with Crippen molar-refractivity contribution in [3.63, 3.8) is 0 Å². The topological polar surface area (TPSA) is 80.0 Å². The zero-order chi connectivity index (χ0) is 17.1. The van der Waals surface area contributed by atoms with Gasteiger partial charge in [-0.25, -0.2) is 4.79 Å². The number of aromatic carboxylic acids is 1. The summed E-state index contributed by atoms with van der Waals surface area (Å²) in [5.41, 5.74) is -0.0321. The van der Waals surface area contributed by atoms with E-state index in [9.17, 15) is 9.59 Å². The predicted molar refractivity (Wildman–Crippen MR) is 86.7 cm³/mol. The summed E-state index contributed by atoms with van der Waals surface area (Å²) >= 11 is 6.08. The van der Waals surface area contributed by atoms with Crippen LogP contribution in [0.15, 0.2) is 41.0 Å². The molecule has 6 nitrogen and oxygen atoms in total. The van der Waals surface area contributed by atoms with Gasteiger partial charge in [0.25, 0.3) is 5.91 Å². The standard InChI is InChI=1S/C17H16ClNO5/c18-13-3-1-2-4-14(13)24-12-5-7-19(8-6-12)16(20)15-9-11(10-23-15)17(21)22/h1-4,9-10,12H,5-8H2,(H,21,22). The maximum Gasteiger partial charge on any atom is 0.338 e. The Hall–Kier alpha value is -2.47. The van der Waals surface area contributed by atoms with Gasteiger partial charge in [0.15, 0.2) is 5.76 Å². The molecule has 3 rings (SSSR count). The van der Waals surface area contributed by atoms with Crippen LogP contribution in [-0.4, -0.2) is 41.1 Å². The van der Waals surface area contributed by atoms with Gasteiger partial charge in [-0.3, -0.25) is 4.79 Å². The number of benzene rings is 1. The third-order valence-corrected chi connectivity index (χ3v) is 4.23. The first-order valence-corrected chi connectivity index (χ1v) is 7.94. The van der Waals surface area contributed by atoms with Crippen molar-refractivity contribution in [3.05, 3.63) is 52.9 Å². The Bertz CT molecular complexity index is 749. The molecule has 0 unspecified atom stereocenters. The number of halogens is 1. The van der Waals surface area contributed by atoms with E-state index in [1.807, 2.05) is 18.2 Å². The molecular weight excluding hydrogens is 334 g/mol. The lowest BCUT2D eigenvalue weighted by atomic mass is 10.1. The van der Waals surface area contributed by atoms with E-state index in [4.69, 9.17) is 25.9 Å². The first-order valence-electron chi connectivity index (χ1n) is 7.57. The van der Waals surface area contributed by atoms with Crippen LogP contribution in [0, 0.1) is 0 Å². The van der Waals surface area contributed by atoms with Gasteiger partial charge in [-0.1, -0.05) is 23.7 Å². The van der Waals surface area contributed by atoms with Crippen LogP contribution in [-0.2, 0) is 0 Å². The third-order valence-electron chi connectivity index (χ3n) is 3.92. The number of likely N-dealkylation sites (tertiary alicyclic amines) is 1. The fraction of sp³-hybridized carbons (Fsp3) is 0.294. The molecule has 1 aromatic heterocycles. The summed E-state index contributed by atoms with van der Waals surface area (Å²) in [6.07, 6.45) is 2.40. The summed E-state index contributed by atoms with van der Waals surface area (Å²) in [7, 11) is 0. The number of furan rings is 1. The van der Waals surface area contributed by atoms with Crippen LogP contribution in [0.4, 0.5) is 0 Å². The van der Waals surface area contributed by atoms with Crippen LogP contribution in [0.5, 0.6) is 5.75 Å². The van der Waals surface area contributed by atoms with E-state index in [0.29, 0.717) is 36.7 Å². The molecule has 24 heavy (non-hydrogen) atoms. The summed E-state index contributed by atoms with van der Waals surface area (Å²) in [6, 6.07) is 8.53. The lowest BCUT2D eigenvalue weighted by molar-refractivity contribution is 0.0566. The lowest BCUT2D eigenvalue weighted by Gasteiger charge is -2.31. The quantitative estimate of drug-likeness (QED) is 0.915. The van der Waals surface area contributed by atoms with Crippen LogP contribution in [0.3, 0.4) is 0 Å². The van der Waals surface area contributed by atoms with Gasteiger partial charge in [-0.05, 0) is 12.1 Å². The molecule has 0 atom stereocenters. The molecule has 0 spiro atoms. The second kappa shape index (κ2) is 6.97. The summed E-state index contributed by atoms with van der Waals surface area (Å²) in [6.45, 7) is 1.02. The molecule has 126 valence electrons. The van der Waals surface area contributed by atoms with Crippen molar-refractivity contribution < 1.29 is 23.8 Å². The number of ether oxygens (including phenoxy) is 1. The highest BCUT2D eigenvalue weighted by Crippen LogP contribution is 2.27. The van der Waals surface area contributed by atoms with Gasteiger partial charge in [0.05, 0.1) is 10.6 Å². The van der Waals surface area contributed by atoms with E-state index < -0.39 is 5.97 Å². The normalized spacial score (nSPS) is 15.3. The van der Waals surface area contributed by atoms with E-state index in [-0.39, 0.29) is 23.3 Å². The maximum absolute atomic E-state index is 12.3. The second-order valence-electron chi connectivity index (χ2n) is 5.54. The minimum atomic E-state index is -1.12. The zero-order valence-electron chi connectivity index (χ0n) is 12.8. The number of carboxylic acid groups (broad SMARTS) is 1. The molecule has 1 aromatic carbocycles. The van der Waals surface area contributed by atoms with Gasteiger partial charge >= 0.3 is 5.97 Å². The van der Waals surface area contributed by atoms with Gasteiger partial charge in [0.2, 0.25) is 0 Å². The third kappa shape index (κ3) is 3.54. The number of piperidine rings is 1. The summed E-state index contributed by atoms with van der Waals surface area (Å²) < 4.78 is 10.9. The number of carbonyl (C=O) groups is 2. The van der Waals surface area contributed by atoms with E-state index in [1.54, 1.807) is 11.0 Å². The monoisotopic (exact) mass is 349 g/mol. The molecule has 0 bridgehead atoms. The SMILES string of the molecule is O=C(O)c1coc(C(=O)N2CCC(Oc3ccccc3Cl)CC2)c1. The minimum absolute atomic E-state index is 0.0138. The Morgan fingerprint density at radius 3 is 2.58 bits per heavy atom. The Balaban J connectivity index is 1.57. The molecule has 1 aliphatic heterocycles. The molecule has 0 saturated carbocycles.